The Morgan fingerprint density at radius 1 is 0.825 bits per heavy atom. The molecule has 0 radical (unpaired) electrons. The minimum Gasteiger partial charge on any atom is -0.506 e. The molecule has 14 heteroatoms. The Morgan fingerprint density at radius 3 is 1.85 bits per heavy atom. The number of piperidine rings is 2. The van der Waals surface area contributed by atoms with E-state index in [1.54, 1.807) is 36.4 Å². The first-order chi connectivity index (χ1) is 19.1. The second-order valence-corrected chi connectivity index (χ2v) is 10.8. The van der Waals surface area contributed by atoms with Crippen LogP contribution in [0, 0.1) is 0 Å². The van der Waals surface area contributed by atoms with Gasteiger partial charge in [0, 0.05) is 72.7 Å². The van der Waals surface area contributed by atoms with Gasteiger partial charge in [-0.1, -0.05) is 11.6 Å². The maximum absolute atomic E-state index is 12.6. The van der Waals surface area contributed by atoms with Gasteiger partial charge in [-0.2, -0.15) is 15.0 Å². The smallest absolute Gasteiger partial charge is 0.255 e. The highest BCUT2D eigenvalue weighted by molar-refractivity contribution is 6.30. The molecule has 1 amide bonds. The van der Waals surface area contributed by atoms with Crippen LogP contribution in [0.3, 0.4) is 0 Å². The normalized spacial score (nSPS) is 23.1. The Labute approximate surface area is 236 Å². The number of halogens is 1. The van der Waals surface area contributed by atoms with Crippen LogP contribution in [-0.2, 0) is 0 Å². The minimum atomic E-state index is -0.379. The molecule has 13 nitrogen and oxygen atoms in total. The van der Waals surface area contributed by atoms with Crippen LogP contribution in [0.2, 0.25) is 5.02 Å². The molecule has 212 valence electrons. The largest absolute Gasteiger partial charge is 0.506 e. The van der Waals surface area contributed by atoms with Crippen molar-refractivity contribution in [3.8, 4) is 5.75 Å². The molecule has 0 spiro atoms. The van der Waals surface area contributed by atoms with Crippen LogP contribution >= 0.6 is 11.6 Å². The third-order valence-electron chi connectivity index (χ3n) is 6.82. The van der Waals surface area contributed by atoms with Crippen molar-refractivity contribution >= 4 is 46.7 Å². The number of benzene rings is 2. The summed E-state index contributed by atoms with van der Waals surface area (Å²) in [5.41, 5.74) is 26.1. The van der Waals surface area contributed by atoms with E-state index >= 15 is 0 Å². The molecule has 0 aliphatic carbocycles. The molecule has 2 saturated heterocycles. The number of anilines is 5. The first-order valence-corrected chi connectivity index (χ1v) is 13.5. The highest BCUT2D eigenvalue weighted by atomic mass is 35.5. The number of rotatable bonds is 6. The van der Waals surface area contributed by atoms with Gasteiger partial charge in [-0.15, -0.1) is 0 Å². The third-order valence-corrected chi connectivity index (χ3v) is 7.07. The number of aromatic nitrogens is 3. The lowest BCUT2D eigenvalue weighted by molar-refractivity contribution is 0.102. The number of aromatic hydroxyl groups is 1. The predicted molar refractivity (Wildman–Crippen MR) is 156 cm³/mol. The van der Waals surface area contributed by atoms with Crippen molar-refractivity contribution in [1.82, 2.24) is 15.0 Å². The minimum absolute atomic E-state index is 0.107. The predicted octanol–water partition coefficient (Wildman–Crippen LogP) is 0.956. The maximum Gasteiger partial charge on any atom is 0.255 e. The molecule has 1 aromatic heterocycles. The summed E-state index contributed by atoms with van der Waals surface area (Å²) in [6.07, 6.45) is 1.44. The number of amides is 1. The van der Waals surface area contributed by atoms with Crippen molar-refractivity contribution in [3.05, 3.63) is 53.1 Å². The molecule has 2 aromatic carbocycles. The van der Waals surface area contributed by atoms with Gasteiger partial charge in [0.15, 0.2) is 0 Å². The molecular weight excluding hydrogens is 534 g/mol. The van der Waals surface area contributed by atoms with Crippen LogP contribution in [0.4, 0.5) is 29.2 Å². The molecule has 0 bridgehead atoms. The monoisotopic (exact) mass is 567 g/mol. The Bertz CT molecular complexity index is 1290. The van der Waals surface area contributed by atoms with Crippen LogP contribution in [0.1, 0.15) is 23.2 Å². The average molecular weight is 568 g/mol. The summed E-state index contributed by atoms with van der Waals surface area (Å²) in [5, 5.41) is 17.0. The number of carbonyl (C=O) groups excluding carboxylic acids is 1. The molecule has 0 unspecified atom stereocenters. The summed E-state index contributed by atoms with van der Waals surface area (Å²) in [5.74, 6) is 0.611. The molecule has 0 saturated carbocycles. The number of nitrogens with zero attached hydrogens (tertiary/aromatic N) is 5. The zero-order valence-electron chi connectivity index (χ0n) is 21.9. The van der Waals surface area contributed by atoms with Crippen LogP contribution in [0.15, 0.2) is 42.5 Å². The average Bonchev–Trinajstić information content (AvgIpc) is 2.89. The molecule has 2 fully saturated rings. The topological polar surface area (TPSA) is 211 Å². The van der Waals surface area contributed by atoms with E-state index in [1.165, 1.54) is 6.07 Å². The zero-order valence-corrected chi connectivity index (χ0v) is 22.6. The summed E-state index contributed by atoms with van der Waals surface area (Å²) in [4.78, 5) is 30.5. The van der Waals surface area contributed by atoms with Crippen LogP contribution < -0.4 is 43.4 Å². The highest BCUT2D eigenvalue weighted by Crippen LogP contribution is 2.30. The molecule has 11 N–H and O–H groups in total. The summed E-state index contributed by atoms with van der Waals surface area (Å²) in [6, 6.07) is 10.8. The molecule has 3 heterocycles. The summed E-state index contributed by atoms with van der Waals surface area (Å²) < 4.78 is 0. The summed E-state index contributed by atoms with van der Waals surface area (Å²) >= 11 is 5.90. The second-order valence-electron chi connectivity index (χ2n) is 10.4. The van der Waals surface area contributed by atoms with Gasteiger partial charge in [0.2, 0.25) is 17.8 Å². The number of phenols is 1. The fourth-order valence-corrected chi connectivity index (χ4v) is 5.14. The van der Waals surface area contributed by atoms with Gasteiger partial charge in [0.25, 0.3) is 5.91 Å². The number of nitrogens with one attached hydrogen (secondary N) is 2. The molecule has 3 aromatic rings. The molecule has 40 heavy (non-hydrogen) atoms. The van der Waals surface area contributed by atoms with E-state index in [4.69, 9.17) is 39.5 Å². The Kier molecular flexibility index (Phi) is 8.19. The zero-order chi connectivity index (χ0) is 28.4. The number of phenolic OH excluding ortho intramolecular Hbond substituents is 1. The lowest BCUT2D eigenvalue weighted by atomic mass is 10.0. The molecule has 2 aliphatic heterocycles. The van der Waals surface area contributed by atoms with Crippen molar-refractivity contribution in [3.63, 3.8) is 0 Å². The van der Waals surface area contributed by atoms with Crippen LogP contribution in [-0.4, -0.2) is 76.3 Å². The van der Waals surface area contributed by atoms with E-state index < -0.39 is 0 Å². The maximum atomic E-state index is 12.6. The van der Waals surface area contributed by atoms with Crippen molar-refractivity contribution in [2.75, 3.05) is 46.6 Å². The first kappa shape index (κ1) is 27.8. The lowest BCUT2D eigenvalue weighted by Crippen LogP contribution is -2.54. The van der Waals surface area contributed by atoms with Gasteiger partial charge in [0.05, 0.1) is 5.69 Å². The number of nitrogens with two attached hydrogens (primary N) is 4. The van der Waals surface area contributed by atoms with Gasteiger partial charge in [0.1, 0.15) is 5.75 Å². The summed E-state index contributed by atoms with van der Waals surface area (Å²) in [6.45, 7) is 2.22. The quantitative estimate of drug-likeness (QED) is 0.207. The number of hydrogen-bond acceptors (Lipinski definition) is 12. The van der Waals surface area contributed by atoms with Crippen LogP contribution in [0.5, 0.6) is 5.75 Å². The van der Waals surface area contributed by atoms with Gasteiger partial charge >= 0.3 is 0 Å². The van der Waals surface area contributed by atoms with Gasteiger partial charge < -0.3 is 48.5 Å². The van der Waals surface area contributed by atoms with E-state index in [1.807, 2.05) is 9.80 Å². The van der Waals surface area contributed by atoms with E-state index in [0.29, 0.717) is 54.3 Å². The first-order valence-electron chi connectivity index (χ1n) is 13.1. The van der Waals surface area contributed by atoms with Gasteiger partial charge in [-0.05, 0) is 49.2 Å². The Morgan fingerprint density at radius 2 is 1.35 bits per heavy atom. The second kappa shape index (κ2) is 11.8. The third kappa shape index (κ3) is 6.69. The van der Waals surface area contributed by atoms with E-state index in [2.05, 4.69) is 20.6 Å². The number of hydrogen-bond donors (Lipinski definition) is 7. The Balaban J connectivity index is 1.39. The fourth-order valence-electron chi connectivity index (χ4n) is 5.02. The summed E-state index contributed by atoms with van der Waals surface area (Å²) in [7, 11) is 0. The molecular formula is C26H34ClN11O2. The van der Waals surface area contributed by atoms with Crippen molar-refractivity contribution in [2.45, 2.75) is 37.0 Å². The SMILES string of the molecule is N[C@@H]1C[C@H](N)CN(c2nc(Nc3ccc(NC(=O)c4ccc(Cl)cc4)c(O)c3)nc(N3C[C@H](N)C[C@H](N)C3)n2)C1. The standard InChI is InChI=1S/C26H34ClN11O2/c27-15-3-1-14(2-4-15)23(40)33-21-6-5-20(9-22(21)39)32-24-34-25(37-10-16(28)7-17(29)11-37)36-26(35-24)38-12-18(30)8-19(31)13-38/h1-6,9,16-19,39H,7-8,10-13,28-31H2,(H,33,40)(H,32,34,35,36)/t16-,17+,18-,19+. The number of carbonyl (C=O) groups is 1. The highest BCUT2D eigenvalue weighted by Gasteiger charge is 2.29. The van der Waals surface area contributed by atoms with Crippen LogP contribution in [0.25, 0.3) is 0 Å². The lowest BCUT2D eigenvalue weighted by Gasteiger charge is -2.37. The van der Waals surface area contributed by atoms with Gasteiger partial charge in [-0.25, -0.2) is 0 Å². The van der Waals surface area contributed by atoms with Crippen molar-refractivity contribution in [2.24, 2.45) is 22.9 Å². The Hall–Kier alpha value is -3.75. The van der Waals surface area contributed by atoms with Gasteiger partial charge in [-0.3, -0.25) is 4.79 Å². The van der Waals surface area contributed by atoms with E-state index in [9.17, 15) is 9.90 Å². The fraction of sp³-hybridized carbons (Fsp3) is 0.385. The van der Waals surface area contributed by atoms with E-state index in [-0.39, 0.29) is 47.5 Å². The molecule has 4 atom stereocenters. The van der Waals surface area contributed by atoms with Crippen molar-refractivity contribution < 1.29 is 9.90 Å². The van der Waals surface area contributed by atoms with E-state index in [0.717, 1.165) is 12.8 Å². The van der Waals surface area contributed by atoms with Crippen molar-refractivity contribution in [1.29, 1.82) is 0 Å². The molecule has 2 aliphatic rings. The molecule has 5 rings (SSSR count).